The van der Waals surface area contributed by atoms with Gasteiger partial charge in [0.2, 0.25) is 0 Å². The summed E-state index contributed by atoms with van der Waals surface area (Å²) in [5.74, 6) is -0.0486. The zero-order chi connectivity index (χ0) is 46.3. The van der Waals surface area contributed by atoms with Crippen molar-refractivity contribution in [2.24, 2.45) is 0 Å². The first-order valence-corrected chi connectivity index (χ1v) is 25.2. The van der Waals surface area contributed by atoms with Crippen LogP contribution in [0.2, 0.25) is 0 Å². The molecule has 0 amide bonds. The van der Waals surface area contributed by atoms with Crippen LogP contribution in [0, 0.1) is 22.7 Å². The number of hydrogen-bond donors (Lipinski definition) is 0. The molecule has 2 bridgehead atoms. The van der Waals surface area contributed by atoms with Crippen LogP contribution in [0.4, 0.5) is 0 Å². The van der Waals surface area contributed by atoms with Crippen molar-refractivity contribution in [3.63, 3.8) is 0 Å². The topological polar surface area (TPSA) is 52.0 Å². The molecule has 0 saturated carbocycles. The normalized spacial score (nSPS) is 17.5. The molecule has 326 valence electrons. The summed E-state index contributed by atoms with van der Waals surface area (Å²) in [5.41, 5.74) is 32.0. The molecule has 0 fully saturated rings. The fraction of sp³-hybridized carbons (Fsp3) is 0.164. The van der Waals surface area contributed by atoms with Crippen LogP contribution >= 0.6 is 0 Å². The predicted molar refractivity (Wildman–Crippen MR) is 281 cm³/mol. The summed E-state index contributed by atoms with van der Waals surface area (Å²) in [6, 6.07) is 60.2. The molecule has 0 radical (unpaired) electrons. The minimum absolute atomic E-state index is 0.0162. The van der Waals surface area contributed by atoms with E-state index in [-0.39, 0.29) is 17.3 Å². The van der Waals surface area contributed by atoms with Gasteiger partial charge in [-0.25, -0.2) is 0 Å². The van der Waals surface area contributed by atoms with E-state index >= 15 is 0 Å². The van der Waals surface area contributed by atoms with Crippen LogP contribution in [-0.4, -0.2) is 4.40 Å². The van der Waals surface area contributed by atoms with Gasteiger partial charge in [-0.15, -0.1) is 0 Å². The maximum atomic E-state index is 11.8. The summed E-state index contributed by atoms with van der Waals surface area (Å²) in [5, 5.41) is 28.5. The number of nitriles is 2. The molecule has 0 aliphatic heterocycles. The molecule has 3 nitrogen and oxygen atoms in total. The zero-order valence-corrected chi connectivity index (χ0v) is 39.2. The number of fused-ring (bicyclic) bond motifs is 19. The standard InChI is InChI=1S/C67H43N3/c1-66(2,3)38-28-34-24-26-46-57-47(27-25-35(29-38)53(34)57)60-62-51(30-36(32-68)54-55-41-16-4-6-18-43(41)56(63(54)62)44-19-7-5-17-42(44)55)70-52-31-37(33-69)64-58(61(52)59(46)65(60)70)45-20-10-13-23-50(45)67(64)48-21-11-8-14-39(48)40-15-9-12-22-49(40)67/h4-23,28-31,55-56H,24-27H2,1-3H3. The molecule has 0 unspecified atom stereocenters. The third kappa shape index (κ3) is 4.01. The third-order valence-electron chi connectivity index (χ3n) is 18.3. The number of rotatable bonds is 0. The maximum absolute atomic E-state index is 11.8. The Morgan fingerprint density at radius 2 is 0.957 bits per heavy atom. The minimum atomic E-state index is -0.667. The van der Waals surface area contributed by atoms with Crippen molar-refractivity contribution in [2.45, 2.75) is 69.1 Å². The molecule has 9 aromatic carbocycles. The molecule has 70 heavy (non-hydrogen) atoms. The van der Waals surface area contributed by atoms with Crippen LogP contribution in [0.15, 0.2) is 146 Å². The van der Waals surface area contributed by atoms with Crippen LogP contribution in [-0.2, 0) is 36.5 Å². The smallest absolute Gasteiger partial charge is 0.0996 e. The molecule has 0 atom stereocenters. The van der Waals surface area contributed by atoms with E-state index in [1.54, 1.807) is 0 Å². The Balaban J connectivity index is 1.12. The Bertz CT molecular complexity index is 4330. The molecule has 7 aliphatic rings. The van der Waals surface area contributed by atoms with Crippen molar-refractivity contribution < 1.29 is 0 Å². The summed E-state index contributed by atoms with van der Waals surface area (Å²) in [6.45, 7) is 7.06. The summed E-state index contributed by atoms with van der Waals surface area (Å²) in [7, 11) is 0. The first kappa shape index (κ1) is 37.7. The zero-order valence-electron chi connectivity index (χ0n) is 39.2. The van der Waals surface area contributed by atoms with Crippen molar-refractivity contribution in [1.29, 1.82) is 10.5 Å². The maximum Gasteiger partial charge on any atom is 0.0996 e. The van der Waals surface area contributed by atoms with Crippen molar-refractivity contribution in [3.8, 4) is 45.5 Å². The second kappa shape index (κ2) is 12.3. The van der Waals surface area contributed by atoms with Crippen LogP contribution in [0.5, 0.6) is 0 Å². The van der Waals surface area contributed by atoms with E-state index in [0.29, 0.717) is 5.56 Å². The van der Waals surface area contributed by atoms with Gasteiger partial charge in [-0.3, -0.25) is 0 Å². The van der Waals surface area contributed by atoms with E-state index in [4.69, 9.17) is 0 Å². The molecule has 2 heterocycles. The first-order valence-electron chi connectivity index (χ1n) is 25.2. The molecular weight excluding hydrogens is 847 g/mol. The van der Waals surface area contributed by atoms with E-state index in [1.165, 1.54) is 138 Å². The quantitative estimate of drug-likeness (QED) is 0.152. The van der Waals surface area contributed by atoms with Crippen molar-refractivity contribution in [2.75, 3.05) is 0 Å². The van der Waals surface area contributed by atoms with Crippen LogP contribution in [0.3, 0.4) is 0 Å². The Labute approximate surface area is 405 Å². The lowest BCUT2D eigenvalue weighted by molar-refractivity contribution is 0.587. The minimum Gasteiger partial charge on any atom is -0.308 e. The fourth-order valence-corrected chi connectivity index (χ4v) is 15.9. The lowest BCUT2D eigenvalue weighted by atomic mass is 9.59. The van der Waals surface area contributed by atoms with Gasteiger partial charge < -0.3 is 4.40 Å². The molecule has 18 rings (SSSR count). The van der Waals surface area contributed by atoms with Gasteiger partial charge in [0.05, 0.1) is 45.2 Å². The van der Waals surface area contributed by atoms with E-state index in [1.807, 2.05) is 0 Å². The average molecular weight is 890 g/mol. The molecule has 1 spiro atoms. The van der Waals surface area contributed by atoms with Crippen molar-refractivity contribution in [3.05, 3.63) is 240 Å². The van der Waals surface area contributed by atoms with Gasteiger partial charge in [-0.2, -0.15) is 10.5 Å². The molecule has 11 aromatic rings. The lowest BCUT2D eigenvalue weighted by Crippen LogP contribution is -2.28. The van der Waals surface area contributed by atoms with Crippen molar-refractivity contribution in [1.82, 2.24) is 4.40 Å². The summed E-state index contributed by atoms with van der Waals surface area (Å²) in [4.78, 5) is 0. The number of nitrogens with zero attached hydrogens (tertiary/aromatic N) is 3. The van der Waals surface area contributed by atoms with Crippen LogP contribution in [0.1, 0.15) is 127 Å². The van der Waals surface area contributed by atoms with E-state index < -0.39 is 5.41 Å². The largest absolute Gasteiger partial charge is 0.308 e. The van der Waals surface area contributed by atoms with Crippen LogP contribution in [0.25, 0.3) is 71.5 Å². The molecule has 7 aliphatic carbocycles. The highest BCUT2D eigenvalue weighted by Gasteiger charge is 2.54. The second-order valence-corrected chi connectivity index (χ2v) is 22.1. The third-order valence-corrected chi connectivity index (χ3v) is 18.3. The monoisotopic (exact) mass is 889 g/mol. The highest BCUT2D eigenvalue weighted by Crippen LogP contribution is 2.67. The molecule has 3 heteroatoms. The Morgan fingerprint density at radius 1 is 0.486 bits per heavy atom. The van der Waals surface area contributed by atoms with Gasteiger partial charge in [0.25, 0.3) is 0 Å². The highest BCUT2D eigenvalue weighted by atomic mass is 14.9. The van der Waals surface area contributed by atoms with Crippen molar-refractivity contribution >= 4 is 38.1 Å². The van der Waals surface area contributed by atoms with Crippen LogP contribution < -0.4 is 0 Å². The van der Waals surface area contributed by atoms with Gasteiger partial charge >= 0.3 is 0 Å². The van der Waals surface area contributed by atoms with E-state index in [9.17, 15) is 10.5 Å². The molecular formula is C67H43N3. The fourth-order valence-electron chi connectivity index (χ4n) is 15.9. The number of aryl methyl sites for hydroxylation is 4. The van der Waals surface area contributed by atoms with Gasteiger partial charge in [-0.1, -0.05) is 154 Å². The first-order chi connectivity index (χ1) is 34.3. The van der Waals surface area contributed by atoms with Gasteiger partial charge in [-0.05, 0) is 160 Å². The Kier molecular flexibility index (Phi) is 6.63. The number of benzene rings is 9. The lowest BCUT2D eigenvalue weighted by Gasteiger charge is -2.43. The molecule has 0 N–H and O–H groups in total. The van der Waals surface area contributed by atoms with Gasteiger partial charge in [0.15, 0.2) is 0 Å². The number of hydrogen-bond acceptors (Lipinski definition) is 2. The predicted octanol–water partition coefficient (Wildman–Crippen LogP) is 15.1. The second-order valence-electron chi connectivity index (χ2n) is 22.1. The van der Waals surface area contributed by atoms with E-state index in [2.05, 4.69) is 183 Å². The number of aromatic nitrogens is 1. The SMILES string of the molecule is CC(C)(C)c1cc2c3c(c1)CCc1c-3c(c3c4c5c(c(C#N)cc4n4c6cc(C#N)c7c(c6c1c34)C1c3ccccc3C7c3ccccc31)C1(c3ccccc3-c3ccccc31)c1ccccc1-5)CC2. The Morgan fingerprint density at radius 3 is 1.51 bits per heavy atom. The summed E-state index contributed by atoms with van der Waals surface area (Å²) >= 11 is 0. The molecule has 2 aromatic heterocycles. The highest BCUT2D eigenvalue weighted by molar-refractivity contribution is 6.31. The summed E-state index contributed by atoms with van der Waals surface area (Å²) in [6.07, 6.45) is 3.87. The van der Waals surface area contributed by atoms with E-state index in [0.717, 1.165) is 47.8 Å². The molecule has 0 saturated heterocycles. The van der Waals surface area contributed by atoms with Gasteiger partial charge in [0, 0.05) is 33.4 Å². The Hall–Kier alpha value is -8.24. The average Bonchev–Trinajstić information content (AvgIpc) is 4.11. The summed E-state index contributed by atoms with van der Waals surface area (Å²) < 4.78 is 2.55. The van der Waals surface area contributed by atoms with Gasteiger partial charge in [0.1, 0.15) is 0 Å².